The summed E-state index contributed by atoms with van der Waals surface area (Å²) in [5, 5.41) is 36.9. The summed E-state index contributed by atoms with van der Waals surface area (Å²) in [6.45, 7) is 0. The predicted octanol–water partition coefficient (Wildman–Crippen LogP) is 2.52. The van der Waals surface area contributed by atoms with E-state index in [4.69, 9.17) is 10.2 Å². The molecule has 2 aromatic heterocycles. The van der Waals surface area contributed by atoms with Gasteiger partial charge in [0.05, 0.1) is 23.0 Å². The van der Waals surface area contributed by atoms with E-state index < -0.39 is 11.9 Å². The van der Waals surface area contributed by atoms with Gasteiger partial charge in [0.2, 0.25) is 0 Å². The van der Waals surface area contributed by atoms with Crippen molar-refractivity contribution < 1.29 is 25.0 Å². The summed E-state index contributed by atoms with van der Waals surface area (Å²) in [6, 6.07) is 12.6. The predicted molar refractivity (Wildman–Crippen MR) is 93.4 cm³/mol. The van der Waals surface area contributed by atoms with Crippen LogP contribution in [0.2, 0.25) is 0 Å². The first kappa shape index (κ1) is 16.3. The molecule has 134 valence electrons. The van der Waals surface area contributed by atoms with E-state index in [2.05, 4.69) is 10.3 Å². The number of hydrogen-bond donors (Lipinski definition) is 3. The molecule has 0 fully saturated rings. The molecule has 27 heavy (non-hydrogen) atoms. The molecule has 9 heteroatoms. The number of aromatic carboxylic acids is 2. The maximum Gasteiger partial charge on any atom is 0.356 e. The topological polar surface area (TPSA) is 130 Å². The van der Waals surface area contributed by atoms with Crippen molar-refractivity contribution in [3.05, 3.63) is 66.0 Å². The maximum absolute atomic E-state index is 11.1. The van der Waals surface area contributed by atoms with E-state index in [1.807, 2.05) is 0 Å². The molecule has 0 amide bonds. The first-order chi connectivity index (χ1) is 12.9. The van der Waals surface area contributed by atoms with Gasteiger partial charge in [0.15, 0.2) is 5.69 Å². The molecule has 0 aliphatic heterocycles. The fraction of sp³-hybridized carbons (Fsp3) is 0. The monoisotopic (exact) mass is 364 g/mol. The van der Waals surface area contributed by atoms with Crippen LogP contribution in [0.25, 0.3) is 27.8 Å². The molecule has 0 saturated carbocycles. The Morgan fingerprint density at radius 1 is 0.963 bits per heavy atom. The summed E-state index contributed by atoms with van der Waals surface area (Å²) >= 11 is 0. The minimum atomic E-state index is -1.24. The lowest BCUT2D eigenvalue weighted by Gasteiger charge is -2.02. The molecule has 4 rings (SSSR count). The van der Waals surface area contributed by atoms with Crippen LogP contribution in [0.5, 0.6) is 0 Å². The summed E-state index contributed by atoms with van der Waals surface area (Å²) in [6.07, 6.45) is 1.62. The molecule has 2 aromatic carbocycles. The third-order valence-electron chi connectivity index (χ3n) is 4.14. The summed E-state index contributed by atoms with van der Waals surface area (Å²) in [4.78, 5) is 22.2. The second kappa shape index (κ2) is 5.99. The number of aromatic nitrogens is 4. The van der Waals surface area contributed by atoms with Crippen molar-refractivity contribution in [1.82, 2.24) is 19.7 Å². The highest BCUT2D eigenvalue weighted by atomic mass is 16.5. The molecule has 0 atom stereocenters. The third kappa shape index (κ3) is 2.76. The van der Waals surface area contributed by atoms with E-state index in [0.717, 1.165) is 0 Å². The highest BCUT2D eigenvalue weighted by Gasteiger charge is 2.15. The van der Waals surface area contributed by atoms with E-state index >= 15 is 0 Å². The second-order valence-electron chi connectivity index (χ2n) is 5.82. The van der Waals surface area contributed by atoms with Gasteiger partial charge in [-0.05, 0) is 30.3 Å². The zero-order valence-corrected chi connectivity index (χ0v) is 13.6. The molecule has 0 unspecified atom stereocenters. The normalized spacial score (nSPS) is 11.0. The minimum absolute atomic E-state index is 0.141. The van der Waals surface area contributed by atoms with Crippen molar-refractivity contribution >= 4 is 22.8 Å². The van der Waals surface area contributed by atoms with Crippen molar-refractivity contribution in [3.63, 3.8) is 0 Å². The third-order valence-corrected chi connectivity index (χ3v) is 4.14. The molecule has 4 aromatic rings. The lowest BCUT2D eigenvalue weighted by atomic mass is 10.1. The first-order valence-corrected chi connectivity index (χ1v) is 7.78. The molecule has 0 bridgehead atoms. The Morgan fingerprint density at radius 2 is 1.78 bits per heavy atom. The van der Waals surface area contributed by atoms with Gasteiger partial charge in [-0.3, -0.25) is 0 Å². The molecule has 2 heterocycles. The Morgan fingerprint density at radius 3 is 2.52 bits per heavy atom. The van der Waals surface area contributed by atoms with Gasteiger partial charge in [0, 0.05) is 10.9 Å². The molecular weight excluding hydrogens is 352 g/mol. The van der Waals surface area contributed by atoms with Crippen LogP contribution in [0.1, 0.15) is 20.8 Å². The van der Waals surface area contributed by atoms with E-state index in [1.54, 1.807) is 36.5 Å². The average Bonchev–Trinajstić information content (AvgIpc) is 3.27. The summed E-state index contributed by atoms with van der Waals surface area (Å²) in [7, 11) is 0. The van der Waals surface area contributed by atoms with Crippen molar-refractivity contribution in [2.45, 2.75) is 0 Å². The van der Waals surface area contributed by atoms with Gasteiger partial charge in [-0.15, -0.1) is 5.10 Å². The maximum atomic E-state index is 11.1. The minimum Gasteiger partial charge on any atom is -0.478 e. The number of fused-ring (bicyclic) bond motifs is 1. The molecule has 0 saturated heterocycles. The Kier molecular flexibility index (Phi) is 3.62. The van der Waals surface area contributed by atoms with E-state index in [0.29, 0.717) is 32.6 Å². The Balaban J connectivity index is 1.75. The summed E-state index contributed by atoms with van der Waals surface area (Å²) in [5.41, 5.74) is 1.84. The second-order valence-corrected chi connectivity index (χ2v) is 5.82. The number of carbonyl (C=O) groups is 2. The number of rotatable bonds is 4. The van der Waals surface area contributed by atoms with Crippen molar-refractivity contribution in [2.75, 3.05) is 0 Å². The number of carboxylic acids is 2. The van der Waals surface area contributed by atoms with Crippen molar-refractivity contribution in [3.8, 4) is 16.9 Å². The van der Waals surface area contributed by atoms with Crippen LogP contribution in [0.4, 0.5) is 0 Å². The largest absolute Gasteiger partial charge is 0.478 e. The van der Waals surface area contributed by atoms with Gasteiger partial charge < -0.3 is 15.4 Å². The van der Waals surface area contributed by atoms with Gasteiger partial charge in [-0.1, -0.05) is 23.4 Å². The van der Waals surface area contributed by atoms with Crippen LogP contribution in [0.15, 0.2) is 54.7 Å². The number of carboxylic acid groups (broad SMARTS) is 2. The summed E-state index contributed by atoms with van der Waals surface area (Å²) in [5.74, 6) is -2.27. The van der Waals surface area contributed by atoms with Gasteiger partial charge in [-0.2, -0.15) is 4.73 Å². The van der Waals surface area contributed by atoms with Crippen LogP contribution in [-0.4, -0.2) is 47.1 Å². The Labute approximate surface area is 151 Å². The molecule has 0 spiro atoms. The number of hydrogen-bond acceptors (Lipinski definition) is 5. The molecule has 0 aliphatic rings. The smallest absolute Gasteiger partial charge is 0.356 e. The standard InChI is InChI=1S/C18H12N4O5/c23-17(24)12-3-1-2-10(6-12)14-9-21(20-19-14)13-5-4-11-7-16(18(25)26)22(27)15(11)8-13/h1-9,27H,(H,23,24)(H,25,26). The quantitative estimate of drug-likeness (QED) is 0.474. The van der Waals surface area contributed by atoms with Crippen LogP contribution < -0.4 is 0 Å². The SMILES string of the molecule is O=C(O)c1cccc(-c2cn(-c3ccc4cc(C(=O)O)n(O)c4c3)nn2)c1. The number of nitrogens with zero attached hydrogens (tertiary/aromatic N) is 4. The molecule has 9 nitrogen and oxygen atoms in total. The first-order valence-electron chi connectivity index (χ1n) is 7.78. The lowest BCUT2D eigenvalue weighted by Crippen LogP contribution is -2.04. The fourth-order valence-corrected chi connectivity index (χ4v) is 2.80. The average molecular weight is 364 g/mol. The zero-order valence-electron chi connectivity index (χ0n) is 13.6. The van der Waals surface area contributed by atoms with E-state index in [-0.39, 0.29) is 11.3 Å². The van der Waals surface area contributed by atoms with Crippen molar-refractivity contribution in [1.29, 1.82) is 0 Å². The van der Waals surface area contributed by atoms with Crippen LogP contribution in [-0.2, 0) is 0 Å². The van der Waals surface area contributed by atoms with Gasteiger partial charge in [0.25, 0.3) is 0 Å². The molecule has 3 N–H and O–H groups in total. The summed E-state index contributed by atoms with van der Waals surface area (Å²) < 4.78 is 2.06. The highest BCUT2D eigenvalue weighted by molar-refractivity contribution is 5.94. The Hall–Kier alpha value is -4.14. The van der Waals surface area contributed by atoms with Gasteiger partial charge in [-0.25, -0.2) is 14.3 Å². The molecule has 0 aliphatic carbocycles. The van der Waals surface area contributed by atoms with E-state index in [1.165, 1.54) is 22.9 Å². The zero-order chi connectivity index (χ0) is 19.1. The lowest BCUT2D eigenvalue weighted by molar-refractivity contribution is 0.0647. The van der Waals surface area contributed by atoms with Crippen LogP contribution >= 0.6 is 0 Å². The molecule has 0 radical (unpaired) electrons. The van der Waals surface area contributed by atoms with Crippen molar-refractivity contribution in [2.24, 2.45) is 0 Å². The van der Waals surface area contributed by atoms with Crippen LogP contribution in [0.3, 0.4) is 0 Å². The van der Waals surface area contributed by atoms with E-state index in [9.17, 15) is 14.8 Å². The van der Waals surface area contributed by atoms with Crippen LogP contribution in [0, 0.1) is 0 Å². The van der Waals surface area contributed by atoms with Gasteiger partial charge >= 0.3 is 11.9 Å². The highest BCUT2D eigenvalue weighted by Crippen LogP contribution is 2.23. The van der Waals surface area contributed by atoms with Gasteiger partial charge in [0.1, 0.15) is 5.69 Å². The molecular formula is C18H12N4O5. The Bertz CT molecular complexity index is 1210. The fourth-order valence-electron chi connectivity index (χ4n) is 2.80. The number of benzene rings is 2.